The summed E-state index contributed by atoms with van der Waals surface area (Å²) in [7, 11) is 0. The largest absolute Gasteiger partial charge is 0.508 e. The van der Waals surface area contributed by atoms with Gasteiger partial charge in [-0.2, -0.15) is 0 Å². The Morgan fingerprint density at radius 3 is 2.71 bits per heavy atom. The number of furan rings is 1. The summed E-state index contributed by atoms with van der Waals surface area (Å²) in [4.78, 5) is 19.1. The molecule has 0 saturated carbocycles. The second-order valence-corrected chi connectivity index (χ2v) is 6.95. The maximum absolute atomic E-state index is 12.4. The first-order valence-electron chi connectivity index (χ1n) is 8.78. The zero-order chi connectivity index (χ0) is 19.5. The molecule has 0 aliphatic carbocycles. The molecule has 142 valence electrons. The highest BCUT2D eigenvalue weighted by molar-refractivity contribution is 6.30. The van der Waals surface area contributed by atoms with Gasteiger partial charge in [-0.1, -0.05) is 29.8 Å². The van der Waals surface area contributed by atoms with Crippen LogP contribution < -0.4 is 5.56 Å². The molecule has 7 heteroatoms. The molecule has 28 heavy (non-hydrogen) atoms. The first kappa shape index (κ1) is 18.3. The van der Waals surface area contributed by atoms with Gasteiger partial charge in [0.25, 0.3) is 5.56 Å². The summed E-state index contributed by atoms with van der Waals surface area (Å²) in [5.74, 6) is 1.02. The van der Waals surface area contributed by atoms with Gasteiger partial charge in [0.15, 0.2) is 0 Å². The number of aromatic nitrogens is 2. The van der Waals surface area contributed by atoms with E-state index in [1.165, 1.54) is 10.5 Å². The smallest absolute Gasteiger partial charge is 0.258 e. The molecule has 0 saturated heterocycles. The van der Waals surface area contributed by atoms with Crippen LogP contribution in [0, 0.1) is 0 Å². The number of hydrogen-bond donors (Lipinski definition) is 1. The number of fused-ring (bicyclic) bond motifs is 1. The lowest BCUT2D eigenvalue weighted by molar-refractivity contribution is 0.221. The van der Waals surface area contributed by atoms with Crippen LogP contribution in [0.1, 0.15) is 17.0 Å². The summed E-state index contributed by atoms with van der Waals surface area (Å²) >= 11 is 5.97. The molecule has 4 aromatic rings. The number of hydrogen-bond acceptors (Lipinski definition) is 5. The first-order chi connectivity index (χ1) is 13.6. The van der Waals surface area contributed by atoms with E-state index in [0.29, 0.717) is 36.0 Å². The van der Waals surface area contributed by atoms with E-state index in [1.807, 2.05) is 24.3 Å². The van der Waals surface area contributed by atoms with Crippen molar-refractivity contribution in [1.29, 1.82) is 0 Å². The van der Waals surface area contributed by atoms with Crippen molar-refractivity contribution in [3.05, 3.63) is 99.5 Å². The molecule has 0 unspecified atom stereocenters. The number of para-hydroxylation sites is 1. The van der Waals surface area contributed by atoms with Crippen LogP contribution in [0.15, 0.2) is 76.3 Å². The average Bonchev–Trinajstić information content (AvgIpc) is 3.17. The second-order valence-electron chi connectivity index (χ2n) is 6.51. The quantitative estimate of drug-likeness (QED) is 0.537. The molecule has 0 radical (unpaired) electrons. The number of nitrogens with zero attached hydrogens (tertiary/aromatic N) is 3. The predicted octanol–water partition coefficient (Wildman–Crippen LogP) is 3.85. The Labute approximate surface area is 166 Å². The molecule has 4 rings (SSSR count). The van der Waals surface area contributed by atoms with Gasteiger partial charge < -0.3 is 9.52 Å². The fourth-order valence-corrected chi connectivity index (χ4v) is 3.27. The Kier molecular flexibility index (Phi) is 5.14. The summed E-state index contributed by atoms with van der Waals surface area (Å²) in [6.45, 7) is 1.42. The lowest BCUT2D eigenvalue weighted by atomic mass is 10.2. The van der Waals surface area contributed by atoms with Crippen LogP contribution in [-0.2, 0) is 19.6 Å². The van der Waals surface area contributed by atoms with Crippen LogP contribution in [0.2, 0.25) is 5.02 Å². The number of phenolic OH excluding ortho intramolecular Hbond substituents is 1. The number of pyridine rings is 1. The van der Waals surface area contributed by atoms with Crippen molar-refractivity contribution in [3.63, 3.8) is 0 Å². The van der Waals surface area contributed by atoms with Gasteiger partial charge in [-0.05, 0) is 30.3 Å². The topological polar surface area (TPSA) is 71.0 Å². The predicted molar refractivity (Wildman–Crippen MR) is 106 cm³/mol. The van der Waals surface area contributed by atoms with Gasteiger partial charge in [0.05, 0.1) is 23.5 Å². The van der Waals surface area contributed by atoms with Gasteiger partial charge >= 0.3 is 0 Å². The molecule has 1 N–H and O–H groups in total. The van der Waals surface area contributed by atoms with Crippen molar-refractivity contribution in [2.75, 3.05) is 0 Å². The second kappa shape index (κ2) is 7.88. The van der Waals surface area contributed by atoms with E-state index >= 15 is 0 Å². The Morgan fingerprint density at radius 2 is 1.93 bits per heavy atom. The van der Waals surface area contributed by atoms with Crippen molar-refractivity contribution >= 4 is 17.2 Å². The van der Waals surface area contributed by atoms with E-state index < -0.39 is 0 Å². The third kappa shape index (κ3) is 4.08. The zero-order valence-electron chi connectivity index (χ0n) is 15.0. The van der Waals surface area contributed by atoms with E-state index in [-0.39, 0.29) is 11.3 Å². The van der Waals surface area contributed by atoms with Crippen molar-refractivity contribution in [2.24, 2.45) is 0 Å². The minimum Gasteiger partial charge on any atom is -0.508 e. The first-order valence-corrected chi connectivity index (χ1v) is 9.16. The molecule has 3 heterocycles. The monoisotopic (exact) mass is 395 g/mol. The Hall–Kier alpha value is -3.09. The normalized spacial score (nSPS) is 11.4. The molecular formula is C21H18ClN3O3. The van der Waals surface area contributed by atoms with Crippen LogP contribution in [0.4, 0.5) is 0 Å². The van der Waals surface area contributed by atoms with Crippen LogP contribution in [0.25, 0.3) is 5.65 Å². The third-order valence-electron chi connectivity index (χ3n) is 4.41. The molecule has 0 aliphatic heterocycles. The fourth-order valence-electron chi connectivity index (χ4n) is 3.11. The van der Waals surface area contributed by atoms with Gasteiger partial charge in [0.1, 0.15) is 17.2 Å². The Bertz CT molecular complexity index is 1160. The Morgan fingerprint density at radius 1 is 1.07 bits per heavy atom. The van der Waals surface area contributed by atoms with Gasteiger partial charge in [0, 0.05) is 30.9 Å². The van der Waals surface area contributed by atoms with Crippen LogP contribution in [0.3, 0.4) is 0 Å². The lowest BCUT2D eigenvalue weighted by Crippen LogP contribution is -2.25. The highest BCUT2D eigenvalue weighted by Gasteiger charge is 2.14. The van der Waals surface area contributed by atoms with E-state index in [2.05, 4.69) is 9.88 Å². The van der Waals surface area contributed by atoms with Gasteiger partial charge in [0.2, 0.25) is 0 Å². The maximum Gasteiger partial charge on any atom is 0.258 e. The standard InChI is InChI=1S/C21H18ClN3O3/c22-16-7-8-20-23-17(10-21(27)25(20)12-16)13-24(14-18-5-3-9-28-18)11-15-4-1-2-6-19(15)26/h1-10,12,26H,11,13-14H2. The van der Waals surface area contributed by atoms with Gasteiger partial charge in [-0.3, -0.25) is 14.1 Å². The molecule has 6 nitrogen and oxygen atoms in total. The van der Waals surface area contributed by atoms with Crippen LogP contribution >= 0.6 is 11.6 Å². The summed E-state index contributed by atoms with van der Waals surface area (Å²) in [6.07, 6.45) is 3.18. The minimum atomic E-state index is -0.192. The van der Waals surface area contributed by atoms with Crippen LogP contribution in [0.5, 0.6) is 5.75 Å². The Balaban J connectivity index is 1.65. The van der Waals surface area contributed by atoms with Crippen molar-refractivity contribution < 1.29 is 9.52 Å². The van der Waals surface area contributed by atoms with E-state index in [9.17, 15) is 9.90 Å². The number of rotatable bonds is 6. The molecule has 0 spiro atoms. The third-order valence-corrected chi connectivity index (χ3v) is 4.63. The molecular weight excluding hydrogens is 378 g/mol. The van der Waals surface area contributed by atoms with Crippen molar-refractivity contribution in [1.82, 2.24) is 14.3 Å². The van der Waals surface area contributed by atoms with Gasteiger partial charge in [-0.15, -0.1) is 0 Å². The van der Waals surface area contributed by atoms with Crippen LogP contribution in [-0.4, -0.2) is 19.4 Å². The van der Waals surface area contributed by atoms with Crippen molar-refractivity contribution in [3.8, 4) is 5.75 Å². The summed E-state index contributed by atoms with van der Waals surface area (Å²) in [6, 6.07) is 15.8. The number of phenols is 1. The highest BCUT2D eigenvalue weighted by Crippen LogP contribution is 2.20. The van der Waals surface area contributed by atoms with Gasteiger partial charge in [-0.25, -0.2) is 4.98 Å². The summed E-state index contributed by atoms with van der Waals surface area (Å²) < 4.78 is 6.89. The highest BCUT2D eigenvalue weighted by atomic mass is 35.5. The number of benzene rings is 1. The number of halogens is 1. The molecule has 1 aromatic carbocycles. The van der Waals surface area contributed by atoms with E-state index in [0.717, 1.165) is 11.3 Å². The maximum atomic E-state index is 12.4. The molecule has 0 atom stereocenters. The minimum absolute atomic E-state index is 0.192. The fraction of sp³-hybridized carbons (Fsp3) is 0.143. The number of aromatic hydroxyl groups is 1. The zero-order valence-corrected chi connectivity index (χ0v) is 15.7. The molecule has 0 bridgehead atoms. The molecule has 0 fully saturated rings. The molecule has 0 aliphatic rings. The SMILES string of the molecule is O=c1cc(CN(Cc2ccco2)Cc2ccccc2O)nc2ccc(Cl)cn12. The molecule has 0 amide bonds. The van der Waals surface area contributed by atoms with E-state index in [1.54, 1.807) is 36.7 Å². The molecule has 3 aromatic heterocycles. The van der Waals surface area contributed by atoms with Crippen molar-refractivity contribution in [2.45, 2.75) is 19.6 Å². The summed E-state index contributed by atoms with van der Waals surface area (Å²) in [5, 5.41) is 10.6. The average molecular weight is 396 g/mol. The lowest BCUT2D eigenvalue weighted by Gasteiger charge is -2.21. The summed E-state index contributed by atoms with van der Waals surface area (Å²) in [5.41, 5.74) is 1.77. The van der Waals surface area contributed by atoms with E-state index in [4.69, 9.17) is 16.0 Å².